The number of benzene rings is 2. The first kappa shape index (κ1) is 15.2. The predicted molar refractivity (Wildman–Crippen MR) is 82.6 cm³/mol. The number of hydrogen-bond donors (Lipinski definition) is 0. The molecule has 0 aliphatic carbocycles. The lowest BCUT2D eigenvalue weighted by Crippen LogP contribution is -2.02. The second-order valence-corrected chi connectivity index (χ2v) is 5.10. The van der Waals surface area contributed by atoms with Gasteiger partial charge in [0.2, 0.25) is 0 Å². The molecule has 0 unspecified atom stereocenters. The zero-order chi connectivity index (χ0) is 16.4. The van der Waals surface area contributed by atoms with Crippen molar-refractivity contribution in [2.24, 2.45) is 0 Å². The van der Waals surface area contributed by atoms with Crippen LogP contribution in [0.5, 0.6) is 5.75 Å². The SMILES string of the molecule is CCc1cc(=O)oc2cc(OCc3cccc(F)c3F)ccc12. The number of aryl methyl sites for hydroxylation is 1. The maximum atomic E-state index is 13.6. The summed E-state index contributed by atoms with van der Waals surface area (Å²) >= 11 is 0. The third kappa shape index (κ3) is 3.08. The Morgan fingerprint density at radius 2 is 1.91 bits per heavy atom. The molecule has 0 N–H and O–H groups in total. The third-order valence-electron chi connectivity index (χ3n) is 3.61. The average Bonchev–Trinajstić information content (AvgIpc) is 2.55. The van der Waals surface area contributed by atoms with Gasteiger partial charge < -0.3 is 9.15 Å². The maximum absolute atomic E-state index is 13.6. The zero-order valence-electron chi connectivity index (χ0n) is 12.4. The van der Waals surface area contributed by atoms with Crippen molar-refractivity contribution in [2.75, 3.05) is 0 Å². The van der Waals surface area contributed by atoms with Gasteiger partial charge in [-0.25, -0.2) is 13.6 Å². The first-order valence-corrected chi connectivity index (χ1v) is 7.21. The molecule has 1 heterocycles. The summed E-state index contributed by atoms with van der Waals surface area (Å²) in [5.74, 6) is -1.42. The second-order valence-electron chi connectivity index (χ2n) is 5.10. The Morgan fingerprint density at radius 3 is 2.70 bits per heavy atom. The Morgan fingerprint density at radius 1 is 1.09 bits per heavy atom. The summed E-state index contributed by atoms with van der Waals surface area (Å²) in [7, 11) is 0. The highest BCUT2D eigenvalue weighted by Gasteiger charge is 2.09. The molecule has 118 valence electrons. The van der Waals surface area contributed by atoms with E-state index in [1.807, 2.05) is 6.92 Å². The fourth-order valence-electron chi connectivity index (χ4n) is 2.41. The van der Waals surface area contributed by atoms with E-state index in [0.29, 0.717) is 17.8 Å². The van der Waals surface area contributed by atoms with E-state index in [-0.39, 0.29) is 12.2 Å². The molecule has 0 spiro atoms. The summed E-state index contributed by atoms with van der Waals surface area (Å²) in [5, 5.41) is 0.830. The van der Waals surface area contributed by atoms with Gasteiger partial charge in [0.1, 0.15) is 17.9 Å². The average molecular weight is 316 g/mol. The third-order valence-corrected chi connectivity index (χ3v) is 3.61. The van der Waals surface area contributed by atoms with E-state index in [9.17, 15) is 13.6 Å². The van der Waals surface area contributed by atoms with Crippen LogP contribution in [0.25, 0.3) is 11.0 Å². The molecule has 0 radical (unpaired) electrons. The summed E-state index contributed by atoms with van der Waals surface area (Å²) < 4.78 is 37.4. The van der Waals surface area contributed by atoms with Gasteiger partial charge in [-0.2, -0.15) is 0 Å². The topological polar surface area (TPSA) is 39.4 Å². The number of rotatable bonds is 4. The van der Waals surface area contributed by atoms with Crippen LogP contribution < -0.4 is 10.4 Å². The number of fused-ring (bicyclic) bond motifs is 1. The lowest BCUT2D eigenvalue weighted by molar-refractivity contribution is 0.297. The highest BCUT2D eigenvalue weighted by molar-refractivity contribution is 5.81. The fourth-order valence-corrected chi connectivity index (χ4v) is 2.41. The minimum absolute atomic E-state index is 0.118. The van der Waals surface area contributed by atoms with Crippen molar-refractivity contribution in [3.05, 3.63) is 75.6 Å². The maximum Gasteiger partial charge on any atom is 0.336 e. The van der Waals surface area contributed by atoms with E-state index in [1.54, 1.807) is 18.2 Å². The summed E-state index contributed by atoms with van der Waals surface area (Å²) in [6.45, 7) is 1.83. The van der Waals surface area contributed by atoms with Crippen LogP contribution in [0.3, 0.4) is 0 Å². The van der Waals surface area contributed by atoms with Crippen LogP contribution >= 0.6 is 0 Å². The molecule has 0 bridgehead atoms. The molecule has 1 aromatic heterocycles. The van der Waals surface area contributed by atoms with Crippen LogP contribution in [0.15, 0.2) is 51.7 Å². The van der Waals surface area contributed by atoms with E-state index in [2.05, 4.69) is 0 Å². The molecule has 23 heavy (non-hydrogen) atoms. The minimum atomic E-state index is -0.923. The molecule has 5 heteroatoms. The molecule has 0 saturated heterocycles. The Hall–Kier alpha value is -2.69. The van der Waals surface area contributed by atoms with Gasteiger partial charge >= 0.3 is 5.63 Å². The summed E-state index contributed by atoms with van der Waals surface area (Å²) in [6.07, 6.45) is 0.705. The van der Waals surface area contributed by atoms with Crippen molar-refractivity contribution in [1.82, 2.24) is 0 Å². The molecule has 0 amide bonds. The quantitative estimate of drug-likeness (QED) is 0.677. The van der Waals surface area contributed by atoms with Gasteiger partial charge in [-0.1, -0.05) is 19.1 Å². The van der Waals surface area contributed by atoms with Crippen molar-refractivity contribution in [3.8, 4) is 5.75 Å². The minimum Gasteiger partial charge on any atom is -0.489 e. The van der Waals surface area contributed by atoms with Crippen LogP contribution in [0, 0.1) is 11.6 Å². The van der Waals surface area contributed by atoms with Crippen LogP contribution in [-0.2, 0) is 13.0 Å². The van der Waals surface area contributed by atoms with E-state index >= 15 is 0 Å². The van der Waals surface area contributed by atoms with Gasteiger partial charge in [-0.05, 0) is 30.2 Å². The van der Waals surface area contributed by atoms with Gasteiger partial charge in [0.05, 0.1) is 0 Å². The number of hydrogen-bond acceptors (Lipinski definition) is 3. The van der Waals surface area contributed by atoms with Gasteiger partial charge in [0.15, 0.2) is 11.6 Å². The van der Waals surface area contributed by atoms with Crippen LogP contribution in [0.4, 0.5) is 8.78 Å². The summed E-state index contributed by atoms with van der Waals surface area (Å²) in [4.78, 5) is 11.5. The number of halogens is 2. The molecular formula is C18H14F2O3. The molecule has 3 aromatic rings. The predicted octanol–water partition coefficient (Wildman–Crippen LogP) is 4.21. The largest absolute Gasteiger partial charge is 0.489 e. The van der Waals surface area contributed by atoms with E-state index in [0.717, 1.165) is 17.0 Å². The van der Waals surface area contributed by atoms with Crippen molar-refractivity contribution >= 4 is 11.0 Å². The van der Waals surface area contributed by atoms with Crippen molar-refractivity contribution < 1.29 is 17.9 Å². The van der Waals surface area contributed by atoms with Gasteiger partial charge in [0.25, 0.3) is 0 Å². The van der Waals surface area contributed by atoms with Gasteiger partial charge in [-0.3, -0.25) is 0 Å². The monoisotopic (exact) mass is 316 g/mol. The molecule has 0 atom stereocenters. The molecule has 0 aliphatic heterocycles. The molecule has 0 fully saturated rings. The van der Waals surface area contributed by atoms with Crippen LogP contribution in [0.2, 0.25) is 0 Å². The van der Waals surface area contributed by atoms with Gasteiger partial charge in [0, 0.05) is 23.1 Å². The van der Waals surface area contributed by atoms with E-state index < -0.39 is 17.3 Å². The molecule has 2 aromatic carbocycles. The van der Waals surface area contributed by atoms with Crippen LogP contribution in [0.1, 0.15) is 18.1 Å². The lowest BCUT2D eigenvalue weighted by Gasteiger charge is -2.09. The van der Waals surface area contributed by atoms with Gasteiger partial charge in [-0.15, -0.1) is 0 Å². The smallest absolute Gasteiger partial charge is 0.336 e. The zero-order valence-corrected chi connectivity index (χ0v) is 12.4. The Bertz CT molecular complexity index is 916. The summed E-state index contributed by atoms with van der Waals surface area (Å²) in [6, 6.07) is 10.5. The second kappa shape index (κ2) is 6.20. The lowest BCUT2D eigenvalue weighted by atomic mass is 10.1. The molecule has 3 nitrogen and oxygen atoms in total. The molecule has 0 saturated carbocycles. The van der Waals surface area contributed by atoms with Crippen molar-refractivity contribution in [2.45, 2.75) is 20.0 Å². The molecule has 3 rings (SSSR count). The van der Waals surface area contributed by atoms with E-state index in [1.165, 1.54) is 18.2 Å². The van der Waals surface area contributed by atoms with E-state index in [4.69, 9.17) is 9.15 Å². The van der Waals surface area contributed by atoms with Crippen molar-refractivity contribution in [3.63, 3.8) is 0 Å². The number of ether oxygens (including phenoxy) is 1. The Kier molecular flexibility index (Phi) is 4.10. The first-order chi connectivity index (χ1) is 11.1. The normalized spacial score (nSPS) is 10.9. The highest BCUT2D eigenvalue weighted by Crippen LogP contribution is 2.24. The summed E-state index contributed by atoms with van der Waals surface area (Å²) in [5.41, 5.74) is 0.988. The molecule has 0 aliphatic rings. The Labute approximate surface area is 131 Å². The standard InChI is InChI=1S/C18H14F2O3/c1-2-11-8-17(21)23-16-9-13(6-7-14(11)16)22-10-12-4-3-5-15(19)18(12)20/h3-9H,2,10H2,1H3. The molecular weight excluding hydrogens is 302 g/mol. The highest BCUT2D eigenvalue weighted by atomic mass is 19.2. The van der Waals surface area contributed by atoms with Crippen LogP contribution in [-0.4, -0.2) is 0 Å². The first-order valence-electron chi connectivity index (χ1n) is 7.21. The fraction of sp³-hybridized carbons (Fsp3) is 0.167. The van der Waals surface area contributed by atoms with Crippen molar-refractivity contribution in [1.29, 1.82) is 0 Å². The Balaban J connectivity index is 1.89.